The minimum absolute atomic E-state index is 0.427. The summed E-state index contributed by atoms with van der Waals surface area (Å²) >= 11 is 0. The molecule has 3 heterocycles. The molecule has 5 nitrogen and oxygen atoms in total. The molecule has 0 amide bonds. The number of allylic oxidation sites excluding steroid dienone is 1. The van der Waals surface area contributed by atoms with Crippen molar-refractivity contribution < 1.29 is 0 Å². The first-order valence-electron chi connectivity index (χ1n) is 10.3. The van der Waals surface area contributed by atoms with Crippen LogP contribution in [0.25, 0.3) is 23.3 Å². The highest BCUT2D eigenvalue weighted by Crippen LogP contribution is 2.56. The van der Waals surface area contributed by atoms with Crippen LogP contribution in [0.3, 0.4) is 0 Å². The van der Waals surface area contributed by atoms with E-state index < -0.39 is 0 Å². The first kappa shape index (κ1) is 21.6. The second-order valence-corrected chi connectivity index (χ2v) is 6.33. The molecule has 150 valence electrons. The molecule has 2 atom stereocenters. The molecule has 28 heavy (non-hydrogen) atoms. The number of fused-ring (bicyclic) bond motifs is 1. The summed E-state index contributed by atoms with van der Waals surface area (Å²) < 4.78 is 4.09. The van der Waals surface area contributed by atoms with E-state index in [2.05, 4.69) is 28.2 Å². The smallest absolute Gasteiger partial charge is 0.136 e. The maximum Gasteiger partial charge on any atom is 0.136 e. The fraction of sp³-hybridized carbons (Fsp3) is 0.435. The SMILES string of the molecule is C=Cc1nc(C2CC2c2c3ncccc3nn2C)c(C)n1/C=C\C.CC.CC. The van der Waals surface area contributed by atoms with Crippen molar-refractivity contribution in [2.24, 2.45) is 7.05 Å². The van der Waals surface area contributed by atoms with Gasteiger partial charge in [-0.05, 0) is 38.5 Å². The third kappa shape index (κ3) is 3.79. The summed E-state index contributed by atoms with van der Waals surface area (Å²) in [6, 6.07) is 3.95. The van der Waals surface area contributed by atoms with E-state index in [1.807, 2.05) is 83.0 Å². The van der Waals surface area contributed by atoms with Crippen molar-refractivity contribution >= 4 is 23.3 Å². The average Bonchev–Trinajstić information content (AvgIpc) is 3.34. The Bertz CT molecular complexity index is 961. The summed E-state index contributed by atoms with van der Waals surface area (Å²) in [6.45, 7) is 16.0. The maximum atomic E-state index is 4.82. The van der Waals surface area contributed by atoms with Crippen molar-refractivity contribution in [3.63, 3.8) is 0 Å². The standard InChI is InChI=1S/C19H21N5.2C2H6/c1-5-10-24-12(3)17(21-16(24)6-2)13-11-14(13)19-18-15(22-23(19)4)8-7-9-20-18;2*1-2/h5-10,13-14H,2,11H2,1,3-4H3;2*1-2H3/b10-5-;;. The normalized spacial score (nSPS) is 17.7. The van der Waals surface area contributed by atoms with Crippen LogP contribution >= 0.6 is 0 Å². The Morgan fingerprint density at radius 3 is 2.54 bits per heavy atom. The van der Waals surface area contributed by atoms with E-state index >= 15 is 0 Å². The topological polar surface area (TPSA) is 48.5 Å². The minimum Gasteiger partial charge on any atom is -0.304 e. The van der Waals surface area contributed by atoms with E-state index in [-0.39, 0.29) is 0 Å². The number of aromatic nitrogens is 5. The Morgan fingerprint density at radius 1 is 1.18 bits per heavy atom. The molecular weight excluding hydrogens is 346 g/mol. The summed E-state index contributed by atoms with van der Waals surface area (Å²) in [5.41, 5.74) is 5.55. The van der Waals surface area contributed by atoms with E-state index in [9.17, 15) is 0 Å². The molecule has 1 aliphatic carbocycles. The fourth-order valence-electron chi connectivity index (χ4n) is 3.64. The zero-order valence-electron chi connectivity index (χ0n) is 18.3. The van der Waals surface area contributed by atoms with Crippen LogP contribution in [0, 0.1) is 6.92 Å². The molecule has 0 spiro atoms. The lowest BCUT2D eigenvalue weighted by atomic mass is 10.1. The van der Waals surface area contributed by atoms with Crippen molar-refractivity contribution in [2.45, 2.75) is 59.8 Å². The molecule has 0 radical (unpaired) electrons. The molecule has 3 aromatic heterocycles. The monoisotopic (exact) mass is 379 g/mol. The third-order valence-corrected chi connectivity index (χ3v) is 4.82. The third-order valence-electron chi connectivity index (χ3n) is 4.82. The van der Waals surface area contributed by atoms with Crippen LogP contribution < -0.4 is 0 Å². The van der Waals surface area contributed by atoms with Gasteiger partial charge in [0.1, 0.15) is 16.9 Å². The van der Waals surface area contributed by atoms with Gasteiger partial charge in [0.15, 0.2) is 0 Å². The summed E-state index contributed by atoms with van der Waals surface area (Å²) in [5, 5.41) is 4.59. The molecule has 0 N–H and O–H groups in total. The molecule has 0 bridgehead atoms. The molecule has 1 saturated carbocycles. The van der Waals surface area contributed by atoms with Crippen LogP contribution in [0.1, 0.15) is 75.8 Å². The number of nitrogens with zero attached hydrogens (tertiary/aromatic N) is 5. The van der Waals surface area contributed by atoms with Gasteiger partial charge in [0.05, 0.1) is 11.4 Å². The van der Waals surface area contributed by atoms with Crippen LogP contribution in [0.5, 0.6) is 0 Å². The molecule has 4 rings (SSSR count). The van der Waals surface area contributed by atoms with Gasteiger partial charge in [-0.2, -0.15) is 5.10 Å². The summed E-state index contributed by atoms with van der Waals surface area (Å²) in [5.74, 6) is 1.76. The van der Waals surface area contributed by atoms with Gasteiger partial charge < -0.3 is 4.57 Å². The number of pyridine rings is 1. The van der Waals surface area contributed by atoms with Crippen LogP contribution in [0.2, 0.25) is 0 Å². The molecule has 1 fully saturated rings. The Morgan fingerprint density at radius 2 is 1.89 bits per heavy atom. The van der Waals surface area contributed by atoms with Crippen LogP contribution in [-0.2, 0) is 7.05 Å². The van der Waals surface area contributed by atoms with Crippen molar-refractivity contribution in [3.05, 3.63) is 53.9 Å². The first-order valence-corrected chi connectivity index (χ1v) is 10.3. The highest BCUT2D eigenvalue weighted by Gasteiger charge is 2.45. The Kier molecular flexibility index (Phi) is 7.32. The van der Waals surface area contributed by atoms with Gasteiger partial charge in [-0.15, -0.1) is 0 Å². The highest BCUT2D eigenvalue weighted by atomic mass is 15.3. The molecular formula is C23H33N5. The van der Waals surface area contributed by atoms with E-state index in [0.717, 1.165) is 23.3 Å². The summed E-state index contributed by atoms with van der Waals surface area (Å²) in [4.78, 5) is 9.37. The summed E-state index contributed by atoms with van der Waals surface area (Å²) in [6.07, 6.45) is 8.81. The second-order valence-electron chi connectivity index (χ2n) is 6.33. The molecule has 0 aliphatic heterocycles. The zero-order valence-corrected chi connectivity index (χ0v) is 18.3. The maximum absolute atomic E-state index is 4.82. The quantitative estimate of drug-likeness (QED) is 0.564. The van der Waals surface area contributed by atoms with Gasteiger partial charge in [-0.3, -0.25) is 9.67 Å². The second kappa shape index (κ2) is 9.49. The van der Waals surface area contributed by atoms with Crippen molar-refractivity contribution in [2.75, 3.05) is 0 Å². The Labute approximate surface area is 168 Å². The van der Waals surface area contributed by atoms with E-state index in [1.54, 1.807) is 0 Å². The van der Waals surface area contributed by atoms with E-state index in [1.165, 1.54) is 17.1 Å². The average molecular weight is 380 g/mol. The van der Waals surface area contributed by atoms with E-state index in [4.69, 9.17) is 4.98 Å². The van der Waals surface area contributed by atoms with Gasteiger partial charge in [-0.25, -0.2) is 4.98 Å². The Hall–Kier alpha value is -2.69. The molecule has 3 aromatic rings. The van der Waals surface area contributed by atoms with Gasteiger partial charge in [0, 0.05) is 37.0 Å². The van der Waals surface area contributed by atoms with Crippen molar-refractivity contribution in [3.8, 4) is 0 Å². The van der Waals surface area contributed by atoms with Crippen molar-refractivity contribution in [1.29, 1.82) is 0 Å². The van der Waals surface area contributed by atoms with Crippen LogP contribution in [0.15, 0.2) is 31.0 Å². The van der Waals surface area contributed by atoms with Crippen LogP contribution in [0.4, 0.5) is 0 Å². The number of rotatable bonds is 4. The Balaban J connectivity index is 0.000000660. The predicted octanol–water partition coefficient (Wildman–Crippen LogP) is 5.93. The number of hydrogen-bond donors (Lipinski definition) is 0. The molecule has 2 unspecified atom stereocenters. The van der Waals surface area contributed by atoms with Crippen molar-refractivity contribution in [1.82, 2.24) is 24.3 Å². The van der Waals surface area contributed by atoms with Crippen LogP contribution in [-0.4, -0.2) is 24.3 Å². The highest BCUT2D eigenvalue weighted by molar-refractivity contribution is 5.78. The lowest BCUT2D eigenvalue weighted by Crippen LogP contribution is -1.98. The molecule has 1 aliphatic rings. The molecule has 0 aromatic carbocycles. The lowest BCUT2D eigenvalue weighted by Gasteiger charge is -2.02. The number of imidazole rings is 1. The molecule has 5 heteroatoms. The fourth-order valence-corrected chi connectivity index (χ4v) is 3.64. The van der Waals surface area contributed by atoms with E-state index in [0.29, 0.717) is 11.8 Å². The largest absolute Gasteiger partial charge is 0.304 e. The summed E-state index contributed by atoms with van der Waals surface area (Å²) in [7, 11) is 2.01. The zero-order chi connectivity index (χ0) is 20.8. The minimum atomic E-state index is 0.427. The van der Waals surface area contributed by atoms with Gasteiger partial charge in [0.2, 0.25) is 0 Å². The number of hydrogen-bond acceptors (Lipinski definition) is 3. The molecule has 0 saturated heterocycles. The van der Waals surface area contributed by atoms with Gasteiger partial charge >= 0.3 is 0 Å². The first-order chi connectivity index (χ1) is 13.7. The van der Waals surface area contributed by atoms with Gasteiger partial charge in [0.25, 0.3) is 0 Å². The number of aryl methyl sites for hydroxylation is 1. The predicted molar refractivity (Wildman–Crippen MR) is 119 cm³/mol. The lowest BCUT2D eigenvalue weighted by molar-refractivity contribution is 0.715. The van der Waals surface area contributed by atoms with Gasteiger partial charge in [-0.1, -0.05) is 40.3 Å².